The van der Waals surface area contributed by atoms with Gasteiger partial charge in [0.05, 0.1) is 50.0 Å². The number of aromatic nitrogens is 2. The van der Waals surface area contributed by atoms with Gasteiger partial charge in [-0.1, -0.05) is 0 Å². The second-order valence-electron chi connectivity index (χ2n) is 13.8. The fourth-order valence-electron chi connectivity index (χ4n) is 7.78. The topological polar surface area (TPSA) is 121 Å². The Kier molecular flexibility index (Phi) is 18.6. The van der Waals surface area contributed by atoms with E-state index < -0.39 is 0 Å². The number of esters is 1. The van der Waals surface area contributed by atoms with Crippen molar-refractivity contribution in [2.45, 2.75) is 58.7 Å². The van der Waals surface area contributed by atoms with Crippen molar-refractivity contribution in [3.8, 4) is 11.5 Å². The van der Waals surface area contributed by atoms with E-state index in [1.165, 1.54) is 36.4 Å². The Hall–Kier alpha value is -3.21. The number of hydrogen-bond donors (Lipinski definition) is 1. The van der Waals surface area contributed by atoms with E-state index in [0.29, 0.717) is 58.1 Å². The van der Waals surface area contributed by atoms with Gasteiger partial charge in [0, 0.05) is 43.2 Å². The predicted molar refractivity (Wildman–Crippen MR) is 206 cm³/mol. The van der Waals surface area contributed by atoms with E-state index in [2.05, 4.69) is 20.3 Å². The molecule has 2 aromatic heterocycles. The first kappa shape index (κ1) is 47.2. The molecule has 4 aliphatic rings. The molecular weight excluding hydrogens is 803 g/mol. The van der Waals surface area contributed by atoms with Crippen LogP contribution in [-0.4, -0.2) is 97.1 Å². The van der Waals surface area contributed by atoms with Crippen LogP contribution in [0.15, 0.2) is 60.9 Å². The minimum absolute atomic E-state index is 0. The third kappa shape index (κ3) is 11.5. The van der Waals surface area contributed by atoms with E-state index in [-0.39, 0.29) is 87.6 Å². The number of nitrogens with one attached hydrogen (secondary N) is 1. The van der Waals surface area contributed by atoms with Crippen molar-refractivity contribution in [2.75, 3.05) is 34.9 Å². The van der Waals surface area contributed by atoms with Gasteiger partial charge in [0.15, 0.2) is 0 Å². The number of amides is 1. The number of ether oxygens (including phenoxy) is 3. The molecule has 4 aromatic rings. The Morgan fingerprint density at radius 1 is 0.804 bits per heavy atom. The molecule has 4 fully saturated rings. The van der Waals surface area contributed by atoms with Crippen LogP contribution in [0.5, 0.6) is 11.5 Å². The van der Waals surface area contributed by atoms with Gasteiger partial charge in [-0.15, -0.1) is 0 Å². The van der Waals surface area contributed by atoms with Crippen molar-refractivity contribution in [3.63, 3.8) is 0 Å². The van der Waals surface area contributed by atoms with Gasteiger partial charge < -0.3 is 42.5 Å². The number of benzene rings is 2. The molecule has 1 N–H and O–H groups in total. The molecule has 11 nitrogen and oxygen atoms in total. The first-order chi connectivity index (χ1) is 26.1. The zero-order valence-electron chi connectivity index (χ0n) is 33.0. The monoisotopic (exact) mass is 852 g/mol. The predicted octanol–water partition coefficient (Wildman–Crippen LogP) is 3.76. The largest absolute Gasteiger partial charge is 2.00 e. The average molecular weight is 854 g/mol. The molecule has 8 atom stereocenters. The van der Waals surface area contributed by atoms with Crippen molar-refractivity contribution >= 4 is 56.7 Å². The van der Waals surface area contributed by atoms with Crippen LogP contribution >= 0.6 is 0 Å². The number of carbonyl (C=O) groups excluding carboxylic acids is 2. The van der Waals surface area contributed by atoms with Gasteiger partial charge in [-0.2, -0.15) is 13.8 Å². The molecule has 8 rings (SSSR count). The summed E-state index contributed by atoms with van der Waals surface area (Å²) in [5, 5.41) is 2.68. The third-order valence-corrected chi connectivity index (χ3v) is 10.4. The second kappa shape index (κ2) is 22.1. The minimum atomic E-state index is -0.303. The SMILES string of the molecule is CCOC(=O)C1[C@H]2CC(Oc3ccnc4ccc(F)cc34)C[C@@H]12.CNOC.CON(C)C(=O)C1[C@H]2CC(Oc3ccnc4ccc(F)cc34)C[C@@H]12.C[CH-]C.[Br-].[Mg+2]. The summed E-state index contributed by atoms with van der Waals surface area (Å²) in [7, 11) is 6.41. The summed E-state index contributed by atoms with van der Waals surface area (Å²) in [5.41, 5.74) is 3.86. The van der Waals surface area contributed by atoms with Crippen LogP contribution in [-0.2, 0) is 24.0 Å². The molecule has 300 valence electrons. The Morgan fingerprint density at radius 2 is 1.21 bits per heavy atom. The molecular formula is C41H51BrF2MgN4O7. The molecule has 0 bridgehead atoms. The van der Waals surface area contributed by atoms with Crippen LogP contribution in [0.2, 0.25) is 0 Å². The van der Waals surface area contributed by atoms with Crippen LogP contribution in [0.25, 0.3) is 21.8 Å². The molecule has 0 aliphatic heterocycles. The first-order valence-corrected chi connectivity index (χ1v) is 18.4. The van der Waals surface area contributed by atoms with Crippen LogP contribution in [0, 0.1) is 53.6 Å². The maximum absolute atomic E-state index is 13.5. The first-order valence-electron chi connectivity index (χ1n) is 18.4. The fraction of sp³-hybridized carbons (Fsp3) is 0.488. The molecule has 56 heavy (non-hydrogen) atoms. The summed E-state index contributed by atoms with van der Waals surface area (Å²) in [6, 6.07) is 12.5. The summed E-state index contributed by atoms with van der Waals surface area (Å²) in [6.07, 6.45) is 8.88. The maximum atomic E-state index is 13.5. The Bertz CT molecular complexity index is 1870. The van der Waals surface area contributed by atoms with Gasteiger partial charge in [-0.25, -0.2) is 19.3 Å². The van der Waals surface area contributed by atoms with Crippen LogP contribution in [0.3, 0.4) is 0 Å². The van der Waals surface area contributed by atoms with Gasteiger partial charge in [0.1, 0.15) is 23.1 Å². The van der Waals surface area contributed by atoms with Crippen molar-refractivity contribution in [2.24, 2.45) is 35.5 Å². The average Bonchev–Trinajstić information content (AvgIpc) is 3.90. The van der Waals surface area contributed by atoms with Gasteiger partial charge in [0.2, 0.25) is 5.91 Å². The zero-order valence-corrected chi connectivity index (χ0v) is 36.0. The molecule has 0 spiro atoms. The second-order valence-corrected chi connectivity index (χ2v) is 13.8. The van der Waals surface area contributed by atoms with Gasteiger partial charge in [0.25, 0.3) is 0 Å². The molecule has 4 unspecified atom stereocenters. The van der Waals surface area contributed by atoms with E-state index >= 15 is 0 Å². The number of carbonyl (C=O) groups is 2. The molecule has 2 heterocycles. The summed E-state index contributed by atoms with van der Waals surface area (Å²) < 4.78 is 44.3. The molecule has 0 saturated heterocycles. The van der Waals surface area contributed by atoms with Crippen molar-refractivity contribution in [1.82, 2.24) is 20.5 Å². The number of hydroxylamine groups is 3. The van der Waals surface area contributed by atoms with Crippen molar-refractivity contribution in [3.05, 3.63) is 79.0 Å². The third-order valence-electron chi connectivity index (χ3n) is 10.4. The van der Waals surface area contributed by atoms with Gasteiger partial charge >= 0.3 is 29.0 Å². The minimum Gasteiger partial charge on any atom is -1.00 e. The zero-order chi connectivity index (χ0) is 38.9. The molecule has 1 amide bonds. The number of pyridine rings is 2. The quantitative estimate of drug-likeness (QED) is 0.115. The maximum Gasteiger partial charge on any atom is 2.00 e. The molecule has 2 aromatic carbocycles. The number of nitrogens with zero attached hydrogens (tertiary/aromatic N) is 3. The summed E-state index contributed by atoms with van der Waals surface area (Å²) >= 11 is 0. The molecule has 4 aliphatic carbocycles. The number of rotatable bonds is 9. The Morgan fingerprint density at radius 3 is 1.59 bits per heavy atom. The van der Waals surface area contributed by atoms with Crippen LogP contribution in [0.1, 0.15) is 46.5 Å². The summed E-state index contributed by atoms with van der Waals surface area (Å²) in [5.74, 6) is 2.29. The van der Waals surface area contributed by atoms with E-state index in [1.807, 2.05) is 27.2 Å². The van der Waals surface area contributed by atoms with Crippen LogP contribution < -0.4 is 31.9 Å². The van der Waals surface area contributed by atoms with E-state index in [4.69, 9.17) is 19.0 Å². The molecule has 4 saturated carbocycles. The number of halogens is 3. The van der Waals surface area contributed by atoms with E-state index in [1.54, 1.807) is 57.9 Å². The van der Waals surface area contributed by atoms with Crippen molar-refractivity contribution < 1.29 is 59.2 Å². The smallest absolute Gasteiger partial charge is 1.00 e. The summed E-state index contributed by atoms with van der Waals surface area (Å²) in [6.45, 7) is 6.26. The summed E-state index contributed by atoms with van der Waals surface area (Å²) in [4.78, 5) is 41.6. The van der Waals surface area contributed by atoms with Crippen LogP contribution in [0.4, 0.5) is 8.78 Å². The van der Waals surface area contributed by atoms with Crippen molar-refractivity contribution in [1.29, 1.82) is 0 Å². The van der Waals surface area contributed by atoms with E-state index in [0.717, 1.165) is 31.2 Å². The molecule has 15 heteroatoms. The normalized spacial score (nSPS) is 24.4. The number of fused-ring (bicyclic) bond motifs is 4. The van der Waals surface area contributed by atoms with Gasteiger partial charge in [-0.3, -0.25) is 24.4 Å². The van der Waals surface area contributed by atoms with E-state index in [9.17, 15) is 18.4 Å². The Balaban J connectivity index is 0.000000250. The van der Waals surface area contributed by atoms with Gasteiger partial charge in [-0.05, 0) is 105 Å². The number of hydrogen-bond acceptors (Lipinski definition) is 10. The Labute approximate surface area is 354 Å². The standard InChI is InChI=1S/C18H19FN2O3.C18H18FNO3.C3H7.C2H7NO.BrH.Mg/c1-21(23-2)18(22)17-12-8-11(9-13(12)17)24-16-5-6-20-15-4-3-10(19)7-14(15)16;1-2-22-18(21)17-12-8-11(9-13(12)17)23-16-5-6-20-15-4-3-10(19)7-14(15)16;1-3-2;1-3-4-2;;/h3-7,11-13,17H,8-9H2,1-2H3;3-7,11-13,17H,2,8-9H2,1H3;3H,1-2H3;3H,1-2H3;1H;/q;;-1;;;+2/p-1/t2*11?,12-,13+,17?;;;;. The fourth-order valence-corrected chi connectivity index (χ4v) is 7.78. The molecule has 0 radical (unpaired) electrons.